The largest absolute Gasteiger partial charge is 0.352 e. The zero-order chi connectivity index (χ0) is 20.8. The Bertz CT molecular complexity index is 950. The third-order valence-electron chi connectivity index (χ3n) is 6.03. The van der Waals surface area contributed by atoms with Crippen molar-refractivity contribution in [3.05, 3.63) is 71.5 Å². The molecule has 0 saturated heterocycles. The first-order valence-corrected chi connectivity index (χ1v) is 11.0. The first-order valence-electron chi connectivity index (χ1n) is 11.0. The molecule has 0 bridgehead atoms. The molecule has 2 atom stereocenters. The zero-order valence-electron chi connectivity index (χ0n) is 17.5. The fourth-order valence-electron chi connectivity index (χ4n) is 4.32. The Morgan fingerprint density at radius 3 is 2.67 bits per heavy atom. The molecule has 5 nitrogen and oxygen atoms in total. The molecule has 156 valence electrons. The topological polar surface area (TPSA) is 68.0 Å². The Morgan fingerprint density at radius 2 is 1.90 bits per heavy atom. The van der Waals surface area contributed by atoms with Crippen LogP contribution in [0, 0.1) is 5.92 Å². The van der Waals surface area contributed by atoms with Crippen molar-refractivity contribution < 1.29 is 9.32 Å². The molecule has 1 heterocycles. The summed E-state index contributed by atoms with van der Waals surface area (Å²) in [5, 5.41) is 7.16. The highest BCUT2D eigenvalue weighted by molar-refractivity contribution is 5.94. The lowest BCUT2D eigenvalue weighted by atomic mass is 9.89. The molecule has 1 amide bonds. The van der Waals surface area contributed by atoms with Gasteiger partial charge in [0, 0.05) is 24.1 Å². The quantitative estimate of drug-likeness (QED) is 0.547. The van der Waals surface area contributed by atoms with E-state index >= 15 is 0 Å². The van der Waals surface area contributed by atoms with Crippen molar-refractivity contribution in [3.8, 4) is 11.5 Å². The van der Waals surface area contributed by atoms with Gasteiger partial charge in [-0.25, -0.2) is 0 Å². The maximum atomic E-state index is 12.7. The van der Waals surface area contributed by atoms with Crippen LogP contribution in [0.5, 0.6) is 0 Å². The van der Waals surface area contributed by atoms with E-state index in [1.54, 1.807) is 0 Å². The number of benzene rings is 2. The summed E-state index contributed by atoms with van der Waals surface area (Å²) < 4.78 is 5.36. The van der Waals surface area contributed by atoms with Crippen LogP contribution < -0.4 is 5.32 Å². The SMILES string of the molecule is CCCCc1noc(-c2ccc(C(=O)NCC3CCCC3c3ccccc3)cc2)n1. The number of rotatable bonds is 8. The lowest BCUT2D eigenvalue weighted by molar-refractivity contribution is 0.0946. The zero-order valence-corrected chi connectivity index (χ0v) is 17.5. The van der Waals surface area contributed by atoms with Gasteiger partial charge in [-0.05, 0) is 60.9 Å². The minimum absolute atomic E-state index is 0.0329. The predicted molar refractivity (Wildman–Crippen MR) is 117 cm³/mol. The molecule has 1 aliphatic carbocycles. The van der Waals surface area contributed by atoms with Crippen molar-refractivity contribution >= 4 is 5.91 Å². The number of carbonyl (C=O) groups excluding carboxylic acids is 1. The molecule has 4 rings (SSSR count). The summed E-state index contributed by atoms with van der Waals surface area (Å²) >= 11 is 0. The maximum Gasteiger partial charge on any atom is 0.257 e. The summed E-state index contributed by atoms with van der Waals surface area (Å²) in [7, 11) is 0. The molecule has 2 unspecified atom stereocenters. The van der Waals surface area contributed by atoms with Crippen LogP contribution in [-0.4, -0.2) is 22.6 Å². The number of amides is 1. The monoisotopic (exact) mass is 403 g/mol. The van der Waals surface area contributed by atoms with Crippen molar-refractivity contribution in [2.45, 2.75) is 51.4 Å². The summed E-state index contributed by atoms with van der Waals surface area (Å²) in [6.45, 7) is 2.85. The maximum absolute atomic E-state index is 12.7. The van der Waals surface area contributed by atoms with E-state index in [0.717, 1.165) is 37.1 Å². The summed E-state index contributed by atoms with van der Waals surface area (Å²) in [6, 6.07) is 18.0. The van der Waals surface area contributed by atoms with Gasteiger partial charge < -0.3 is 9.84 Å². The van der Waals surface area contributed by atoms with Crippen LogP contribution in [-0.2, 0) is 6.42 Å². The Balaban J connectivity index is 1.34. The highest BCUT2D eigenvalue weighted by Gasteiger charge is 2.28. The molecule has 1 N–H and O–H groups in total. The molecule has 1 aliphatic rings. The second kappa shape index (κ2) is 9.70. The van der Waals surface area contributed by atoms with Crippen LogP contribution in [0.3, 0.4) is 0 Å². The van der Waals surface area contributed by atoms with Gasteiger partial charge >= 0.3 is 0 Å². The summed E-state index contributed by atoms with van der Waals surface area (Å²) in [4.78, 5) is 17.1. The number of nitrogens with one attached hydrogen (secondary N) is 1. The Kier molecular flexibility index (Phi) is 6.57. The number of aryl methyl sites for hydroxylation is 1. The van der Waals surface area contributed by atoms with E-state index in [2.05, 4.69) is 52.7 Å². The van der Waals surface area contributed by atoms with Gasteiger partial charge in [-0.15, -0.1) is 0 Å². The van der Waals surface area contributed by atoms with Crippen LogP contribution in [0.4, 0.5) is 0 Å². The molecule has 0 radical (unpaired) electrons. The highest BCUT2D eigenvalue weighted by Crippen LogP contribution is 2.39. The van der Waals surface area contributed by atoms with Crippen molar-refractivity contribution in [3.63, 3.8) is 0 Å². The van der Waals surface area contributed by atoms with Crippen molar-refractivity contribution in [1.82, 2.24) is 15.5 Å². The molecule has 5 heteroatoms. The molecule has 1 fully saturated rings. The van der Waals surface area contributed by atoms with E-state index in [4.69, 9.17) is 4.52 Å². The number of hydrogen-bond acceptors (Lipinski definition) is 4. The van der Waals surface area contributed by atoms with E-state index in [1.807, 2.05) is 24.3 Å². The third kappa shape index (κ3) is 4.78. The minimum Gasteiger partial charge on any atom is -0.352 e. The summed E-state index contributed by atoms with van der Waals surface area (Å²) in [5.41, 5.74) is 2.87. The molecule has 1 aromatic heterocycles. The molecular formula is C25H29N3O2. The van der Waals surface area contributed by atoms with E-state index in [1.165, 1.54) is 18.4 Å². The summed E-state index contributed by atoms with van der Waals surface area (Å²) in [5.74, 6) is 2.24. The van der Waals surface area contributed by atoms with E-state index in [9.17, 15) is 4.79 Å². The average molecular weight is 404 g/mol. The second-order valence-electron chi connectivity index (χ2n) is 8.11. The highest BCUT2D eigenvalue weighted by atomic mass is 16.5. The van der Waals surface area contributed by atoms with Crippen LogP contribution in [0.1, 0.15) is 66.7 Å². The smallest absolute Gasteiger partial charge is 0.257 e. The third-order valence-corrected chi connectivity index (χ3v) is 6.03. The van der Waals surface area contributed by atoms with Crippen LogP contribution in [0.2, 0.25) is 0 Å². The molecule has 1 saturated carbocycles. The van der Waals surface area contributed by atoms with Crippen LogP contribution >= 0.6 is 0 Å². The van der Waals surface area contributed by atoms with Gasteiger partial charge in [0.15, 0.2) is 5.82 Å². The van der Waals surface area contributed by atoms with Gasteiger partial charge in [0.05, 0.1) is 0 Å². The van der Waals surface area contributed by atoms with E-state index < -0.39 is 0 Å². The lowest BCUT2D eigenvalue weighted by Crippen LogP contribution is -2.30. The Labute approximate surface area is 177 Å². The van der Waals surface area contributed by atoms with E-state index in [0.29, 0.717) is 29.8 Å². The number of aromatic nitrogens is 2. The molecular weight excluding hydrogens is 374 g/mol. The van der Waals surface area contributed by atoms with Crippen LogP contribution in [0.25, 0.3) is 11.5 Å². The summed E-state index contributed by atoms with van der Waals surface area (Å²) in [6.07, 6.45) is 6.55. The first-order chi connectivity index (χ1) is 14.7. The Morgan fingerprint density at radius 1 is 1.10 bits per heavy atom. The second-order valence-corrected chi connectivity index (χ2v) is 8.11. The van der Waals surface area contributed by atoms with Gasteiger partial charge in [-0.3, -0.25) is 4.79 Å². The number of unbranched alkanes of at least 4 members (excludes halogenated alkanes) is 1. The molecule has 30 heavy (non-hydrogen) atoms. The number of carbonyl (C=O) groups is 1. The Hall–Kier alpha value is -2.95. The molecule has 2 aromatic carbocycles. The van der Waals surface area contributed by atoms with Gasteiger partial charge in [0.25, 0.3) is 11.8 Å². The van der Waals surface area contributed by atoms with Crippen molar-refractivity contribution in [2.24, 2.45) is 5.92 Å². The minimum atomic E-state index is -0.0329. The predicted octanol–water partition coefficient (Wildman–Crippen LogP) is 5.39. The van der Waals surface area contributed by atoms with Gasteiger partial charge in [-0.1, -0.05) is 55.3 Å². The van der Waals surface area contributed by atoms with Crippen LogP contribution in [0.15, 0.2) is 59.1 Å². The lowest BCUT2D eigenvalue weighted by Gasteiger charge is -2.20. The van der Waals surface area contributed by atoms with E-state index in [-0.39, 0.29) is 5.91 Å². The van der Waals surface area contributed by atoms with Gasteiger partial charge in [0.1, 0.15) is 0 Å². The average Bonchev–Trinajstić information content (AvgIpc) is 3.46. The van der Waals surface area contributed by atoms with Crippen molar-refractivity contribution in [2.75, 3.05) is 6.54 Å². The molecule has 3 aromatic rings. The number of hydrogen-bond donors (Lipinski definition) is 1. The molecule has 0 spiro atoms. The first kappa shape index (κ1) is 20.3. The number of nitrogens with zero attached hydrogens (tertiary/aromatic N) is 2. The fraction of sp³-hybridized carbons (Fsp3) is 0.400. The van der Waals surface area contributed by atoms with Crippen molar-refractivity contribution in [1.29, 1.82) is 0 Å². The standard InChI is InChI=1S/C25H29N3O2/c1-2-3-12-23-27-25(30-28-23)20-15-13-19(14-16-20)24(29)26-17-21-10-7-11-22(21)18-8-5-4-6-9-18/h4-6,8-9,13-16,21-22H,2-3,7,10-12,17H2,1H3,(H,26,29). The van der Waals surface area contributed by atoms with Gasteiger partial charge in [0.2, 0.25) is 0 Å². The normalized spacial score (nSPS) is 18.4. The molecule has 0 aliphatic heterocycles. The fourth-order valence-corrected chi connectivity index (χ4v) is 4.32. The van der Waals surface area contributed by atoms with Gasteiger partial charge in [-0.2, -0.15) is 4.98 Å².